The average molecular weight is 152 g/mol. The van der Waals surface area contributed by atoms with E-state index in [1.165, 1.54) is 31.2 Å². The monoisotopic (exact) mass is 152 g/mol. The third-order valence-corrected chi connectivity index (χ3v) is 2.39. The minimum absolute atomic E-state index is 0. The van der Waals surface area contributed by atoms with Crippen LogP contribution in [0.25, 0.3) is 0 Å². The van der Waals surface area contributed by atoms with Crippen LogP contribution in [0, 0.1) is 5.92 Å². The van der Waals surface area contributed by atoms with Crippen molar-refractivity contribution in [2.75, 3.05) is 0 Å². The van der Waals surface area contributed by atoms with Gasteiger partial charge in [-0.25, -0.2) is 0 Å². The van der Waals surface area contributed by atoms with Crippen LogP contribution < -0.4 is 18.9 Å². The van der Waals surface area contributed by atoms with E-state index in [9.17, 15) is 0 Å². The Bertz CT molecular complexity index is 212. The van der Waals surface area contributed by atoms with E-state index in [0.29, 0.717) is 0 Å². The Morgan fingerprint density at radius 3 is 2.08 bits per heavy atom. The molecule has 0 unspecified atom stereocenters. The van der Waals surface area contributed by atoms with Crippen LogP contribution in [0.2, 0.25) is 0 Å². The number of rotatable bonds is 1. The molecule has 58 valence electrons. The molecule has 0 aromatic heterocycles. The summed E-state index contributed by atoms with van der Waals surface area (Å²) in [4.78, 5) is 0. The van der Waals surface area contributed by atoms with Gasteiger partial charge in [-0.3, -0.25) is 0 Å². The summed E-state index contributed by atoms with van der Waals surface area (Å²) in [5.74, 6) is 1.66. The zero-order valence-corrected chi connectivity index (χ0v) is 7.72. The normalized spacial score (nSPS) is 15.8. The maximum absolute atomic E-state index is 2.22. The molecular formula is C11H13Li. The molecule has 0 aliphatic heterocycles. The molecule has 0 radical (unpaired) electrons. The molecule has 1 saturated carbocycles. The first-order valence-electron chi connectivity index (χ1n) is 4.37. The van der Waals surface area contributed by atoms with Crippen molar-refractivity contribution in [1.29, 1.82) is 0 Å². The molecule has 1 aromatic carbocycles. The Kier molecular flexibility index (Phi) is 3.79. The molecular weight excluding hydrogens is 139 g/mol. The predicted molar refractivity (Wildman–Crippen MR) is 47.3 cm³/mol. The fourth-order valence-electron chi connectivity index (χ4n) is 1.76. The second-order valence-electron chi connectivity index (χ2n) is 3.18. The fraction of sp³-hybridized carbons (Fsp3) is 0.364. The zero-order valence-electron chi connectivity index (χ0n) is 7.72. The van der Waals surface area contributed by atoms with E-state index < -0.39 is 0 Å². The van der Waals surface area contributed by atoms with Crippen LogP contribution in [-0.2, 0) is 0 Å². The van der Waals surface area contributed by atoms with Gasteiger partial charge in [0.05, 0.1) is 0 Å². The molecule has 1 aliphatic rings. The van der Waals surface area contributed by atoms with Gasteiger partial charge in [0, 0.05) is 0 Å². The van der Waals surface area contributed by atoms with E-state index in [1.807, 2.05) is 0 Å². The zero-order chi connectivity index (χ0) is 7.52. The maximum Gasteiger partial charge on any atom is 1.00 e. The Morgan fingerprint density at radius 1 is 0.917 bits per heavy atom. The Labute approximate surface area is 86.5 Å². The van der Waals surface area contributed by atoms with Gasteiger partial charge in [0.25, 0.3) is 0 Å². The van der Waals surface area contributed by atoms with E-state index in [2.05, 4.69) is 30.3 Å². The molecule has 1 heteroatoms. The third-order valence-electron chi connectivity index (χ3n) is 2.39. The van der Waals surface area contributed by atoms with Crippen LogP contribution in [0.1, 0.15) is 31.2 Å². The summed E-state index contributed by atoms with van der Waals surface area (Å²) < 4.78 is 0. The predicted octanol–water partition coefficient (Wildman–Crippen LogP) is 0.187. The van der Waals surface area contributed by atoms with Crippen molar-refractivity contribution < 1.29 is 18.9 Å². The summed E-state index contributed by atoms with van der Waals surface area (Å²) in [5, 5.41) is 0. The largest absolute Gasteiger partial charge is 1.00 e. The summed E-state index contributed by atoms with van der Waals surface area (Å²) in [7, 11) is 0. The average Bonchev–Trinajstić information content (AvgIpc) is 2.58. The Hall–Kier alpha value is -0.313. The van der Waals surface area contributed by atoms with Crippen molar-refractivity contribution in [1.82, 2.24) is 0 Å². The first-order valence-corrected chi connectivity index (χ1v) is 4.37. The van der Waals surface area contributed by atoms with Crippen molar-refractivity contribution >= 4 is 0 Å². The second-order valence-corrected chi connectivity index (χ2v) is 3.18. The molecule has 1 aromatic rings. The van der Waals surface area contributed by atoms with Gasteiger partial charge in [-0.05, 0) is 0 Å². The van der Waals surface area contributed by atoms with E-state index in [4.69, 9.17) is 0 Å². The minimum atomic E-state index is 0. The number of hydrogen-bond acceptors (Lipinski definition) is 0. The molecule has 0 spiro atoms. The summed E-state index contributed by atoms with van der Waals surface area (Å²) in [6, 6.07) is 10.8. The third kappa shape index (κ3) is 2.09. The summed E-state index contributed by atoms with van der Waals surface area (Å²) in [6.07, 6.45) is 5.43. The van der Waals surface area contributed by atoms with Gasteiger partial charge in [-0.15, -0.1) is 12.1 Å². The quantitative estimate of drug-likeness (QED) is 0.398. The van der Waals surface area contributed by atoms with Crippen molar-refractivity contribution in [3.05, 3.63) is 41.8 Å². The number of benzene rings is 1. The Balaban J connectivity index is 0.000000720. The van der Waals surface area contributed by atoms with Gasteiger partial charge >= 0.3 is 18.9 Å². The van der Waals surface area contributed by atoms with Gasteiger partial charge in [-0.2, -0.15) is 23.6 Å². The van der Waals surface area contributed by atoms with Gasteiger partial charge < -0.3 is 0 Å². The molecule has 12 heavy (non-hydrogen) atoms. The molecule has 0 N–H and O–H groups in total. The molecule has 0 saturated heterocycles. The van der Waals surface area contributed by atoms with Crippen LogP contribution in [0.3, 0.4) is 0 Å². The maximum atomic E-state index is 2.22. The van der Waals surface area contributed by atoms with Crippen LogP contribution in [-0.4, -0.2) is 0 Å². The topological polar surface area (TPSA) is 0 Å². The van der Waals surface area contributed by atoms with E-state index >= 15 is 0 Å². The standard InChI is InChI=1S/C11H13.Li/c1-2-6-10(7-3-1)11-8-4-5-9-11;/h1-3,6-7H,4-5,8-9H2;/q-1;+1. The van der Waals surface area contributed by atoms with Crippen LogP contribution >= 0.6 is 0 Å². The fourth-order valence-corrected chi connectivity index (χ4v) is 1.76. The SMILES string of the molecule is [Li+].c1ccc([C-]2CCCC2)cc1. The van der Waals surface area contributed by atoms with Crippen molar-refractivity contribution in [2.45, 2.75) is 25.7 Å². The molecule has 1 fully saturated rings. The van der Waals surface area contributed by atoms with E-state index in [-0.39, 0.29) is 18.9 Å². The van der Waals surface area contributed by atoms with E-state index in [1.54, 1.807) is 5.92 Å². The molecule has 0 nitrogen and oxygen atoms in total. The number of hydrogen-bond donors (Lipinski definition) is 0. The molecule has 0 bridgehead atoms. The Morgan fingerprint density at radius 2 is 1.50 bits per heavy atom. The molecule has 2 rings (SSSR count). The van der Waals surface area contributed by atoms with Gasteiger partial charge in [0.2, 0.25) is 0 Å². The van der Waals surface area contributed by atoms with E-state index in [0.717, 1.165) is 0 Å². The summed E-state index contributed by atoms with van der Waals surface area (Å²) >= 11 is 0. The van der Waals surface area contributed by atoms with Gasteiger partial charge in [0.1, 0.15) is 0 Å². The molecule has 0 amide bonds. The minimum Gasteiger partial charge on any atom is -0.189 e. The van der Waals surface area contributed by atoms with Crippen molar-refractivity contribution in [2.24, 2.45) is 0 Å². The summed E-state index contributed by atoms with van der Waals surface area (Å²) in [5.41, 5.74) is 1.46. The smallest absolute Gasteiger partial charge is 0.189 e. The molecule has 0 atom stereocenters. The van der Waals surface area contributed by atoms with Crippen LogP contribution in [0.5, 0.6) is 0 Å². The van der Waals surface area contributed by atoms with Gasteiger partial charge in [0.15, 0.2) is 0 Å². The molecule has 1 aliphatic carbocycles. The first-order chi connectivity index (χ1) is 5.47. The molecule has 0 heterocycles. The van der Waals surface area contributed by atoms with Crippen molar-refractivity contribution in [3.63, 3.8) is 0 Å². The second kappa shape index (κ2) is 4.65. The van der Waals surface area contributed by atoms with Crippen molar-refractivity contribution in [3.8, 4) is 0 Å². The van der Waals surface area contributed by atoms with Gasteiger partial charge in [-0.1, -0.05) is 31.7 Å². The van der Waals surface area contributed by atoms with Crippen LogP contribution in [0.4, 0.5) is 0 Å². The summed E-state index contributed by atoms with van der Waals surface area (Å²) in [6.45, 7) is 0. The first kappa shape index (κ1) is 9.77. The van der Waals surface area contributed by atoms with Crippen LogP contribution in [0.15, 0.2) is 30.3 Å².